The topological polar surface area (TPSA) is 62.7 Å². The SMILES string of the molecule is O=C(c1ccncc1F)N1CCCC2(CC1)CN(c1ccccc1)C(=O)CO2. The molecule has 28 heavy (non-hydrogen) atoms. The third-order valence-corrected chi connectivity index (χ3v) is 5.50. The number of nitrogens with zero attached hydrogens (tertiary/aromatic N) is 3. The molecule has 146 valence electrons. The highest BCUT2D eigenvalue weighted by atomic mass is 19.1. The number of amides is 2. The number of anilines is 1. The molecule has 6 nitrogen and oxygen atoms in total. The van der Waals surface area contributed by atoms with Gasteiger partial charge in [-0.1, -0.05) is 18.2 Å². The van der Waals surface area contributed by atoms with Gasteiger partial charge in [-0.15, -0.1) is 0 Å². The Morgan fingerprint density at radius 3 is 2.75 bits per heavy atom. The van der Waals surface area contributed by atoms with Crippen molar-refractivity contribution in [2.45, 2.75) is 24.9 Å². The monoisotopic (exact) mass is 383 g/mol. The molecule has 7 heteroatoms. The predicted molar refractivity (Wildman–Crippen MR) is 101 cm³/mol. The summed E-state index contributed by atoms with van der Waals surface area (Å²) in [6.45, 7) is 1.48. The van der Waals surface area contributed by atoms with Crippen LogP contribution in [0.3, 0.4) is 0 Å². The molecule has 0 N–H and O–H groups in total. The van der Waals surface area contributed by atoms with E-state index in [0.717, 1.165) is 24.7 Å². The van der Waals surface area contributed by atoms with Crippen LogP contribution < -0.4 is 4.90 Å². The number of pyridine rings is 1. The van der Waals surface area contributed by atoms with Crippen molar-refractivity contribution in [1.82, 2.24) is 9.88 Å². The number of aromatic nitrogens is 1. The molecule has 3 heterocycles. The maximum absolute atomic E-state index is 13.9. The van der Waals surface area contributed by atoms with Gasteiger partial charge in [0.15, 0.2) is 5.82 Å². The zero-order valence-electron chi connectivity index (χ0n) is 15.5. The van der Waals surface area contributed by atoms with E-state index < -0.39 is 11.4 Å². The van der Waals surface area contributed by atoms with Crippen LogP contribution in [0.4, 0.5) is 10.1 Å². The van der Waals surface area contributed by atoms with Gasteiger partial charge in [-0.2, -0.15) is 0 Å². The fraction of sp³-hybridized carbons (Fsp3) is 0.381. The van der Waals surface area contributed by atoms with Crippen molar-refractivity contribution in [3.63, 3.8) is 0 Å². The van der Waals surface area contributed by atoms with E-state index >= 15 is 0 Å². The number of para-hydroxylation sites is 1. The first-order valence-corrected chi connectivity index (χ1v) is 9.46. The zero-order chi connectivity index (χ0) is 19.6. The van der Waals surface area contributed by atoms with E-state index in [1.54, 1.807) is 9.80 Å². The Bertz CT molecular complexity index is 876. The van der Waals surface area contributed by atoms with Crippen LogP contribution in [-0.2, 0) is 9.53 Å². The van der Waals surface area contributed by atoms with Gasteiger partial charge in [0.1, 0.15) is 6.61 Å². The molecule has 2 aliphatic rings. The molecule has 1 aromatic heterocycles. The van der Waals surface area contributed by atoms with Gasteiger partial charge in [0.05, 0.1) is 23.9 Å². The standard InChI is InChI=1S/C21H22FN3O3/c22-18-13-23-10-7-17(18)20(27)24-11-4-8-21(9-12-24)15-25(19(26)14-28-21)16-5-2-1-3-6-16/h1-3,5-7,10,13H,4,8-9,11-12,14-15H2. The van der Waals surface area contributed by atoms with Gasteiger partial charge in [-0.05, 0) is 37.5 Å². The largest absolute Gasteiger partial charge is 0.363 e. The molecule has 2 amide bonds. The predicted octanol–water partition coefficient (Wildman–Crippen LogP) is 2.65. The fourth-order valence-corrected chi connectivity index (χ4v) is 3.95. The number of benzene rings is 1. The van der Waals surface area contributed by atoms with E-state index in [-0.39, 0.29) is 24.0 Å². The summed E-state index contributed by atoms with van der Waals surface area (Å²) in [7, 11) is 0. The quantitative estimate of drug-likeness (QED) is 0.800. The molecule has 1 atom stereocenters. The third kappa shape index (κ3) is 3.62. The number of carbonyl (C=O) groups is 2. The first-order valence-electron chi connectivity index (χ1n) is 9.46. The lowest BCUT2D eigenvalue weighted by molar-refractivity contribution is -0.140. The highest BCUT2D eigenvalue weighted by Gasteiger charge is 2.42. The van der Waals surface area contributed by atoms with E-state index in [9.17, 15) is 14.0 Å². The highest BCUT2D eigenvalue weighted by molar-refractivity contribution is 5.95. The second-order valence-electron chi connectivity index (χ2n) is 7.29. The van der Waals surface area contributed by atoms with E-state index in [2.05, 4.69) is 4.98 Å². The molecular weight excluding hydrogens is 361 g/mol. The van der Waals surface area contributed by atoms with Crippen molar-refractivity contribution in [2.24, 2.45) is 0 Å². The fourth-order valence-electron chi connectivity index (χ4n) is 3.95. The molecule has 1 aromatic carbocycles. The summed E-state index contributed by atoms with van der Waals surface area (Å²) in [6, 6.07) is 11.0. The number of likely N-dealkylation sites (tertiary alicyclic amines) is 1. The average Bonchev–Trinajstić information content (AvgIpc) is 2.93. The first-order chi connectivity index (χ1) is 13.6. The Morgan fingerprint density at radius 1 is 1.14 bits per heavy atom. The van der Waals surface area contributed by atoms with Gasteiger partial charge in [0.25, 0.3) is 11.8 Å². The highest BCUT2D eigenvalue weighted by Crippen LogP contribution is 2.33. The van der Waals surface area contributed by atoms with Crippen molar-refractivity contribution in [3.05, 3.63) is 60.2 Å². The Labute approximate surface area is 162 Å². The molecular formula is C21H22FN3O3. The molecule has 0 saturated carbocycles. The van der Waals surface area contributed by atoms with Crippen LogP contribution in [0.1, 0.15) is 29.6 Å². The number of carbonyl (C=O) groups excluding carboxylic acids is 2. The van der Waals surface area contributed by atoms with E-state index in [1.807, 2.05) is 30.3 Å². The van der Waals surface area contributed by atoms with Crippen LogP contribution in [-0.4, -0.2) is 53.5 Å². The summed E-state index contributed by atoms with van der Waals surface area (Å²) in [4.78, 5) is 32.3. The molecule has 0 aliphatic carbocycles. The van der Waals surface area contributed by atoms with E-state index in [1.165, 1.54) is 12.3 Å². The summed E-state index contributed by atoms with van der Waals surface area (Å²) < 4.78 is 19.9. The van der Waals surface area contributed by atoms with Crippen LogP contribution >= 0.6 is 0 Å². The summed E-state index contributed by atoms with van der Waals surface area (Å²) in [5.41, 5.74) is 0.401. The van der Waals surface area contributed by atoms with Crippen LogP contribution in [0, 0.1) is 5.82 Å². The smallest absolute Gasteiger partial charge is 0.256 e. The molecule has 2 saturated heterocycles. The van der Waals surface area contributed by atoms with Crippen LogP contribution in [0.15, 0.2) is 48.8 Å². The Hall–Kier alpha value is -2.80. The number of rotatable bonds is 2. The van der Waals surface area contributed by atoms with Crippen molar-refractivity contribution < 1.29 is 18.7 Å². The lowest BCUT2D eigenvalue weighted by atomic mass is 9.92. The van der Waals surface area contributed by atoms with Gasteiger partial charge in [-0.3, -0.25) is 14.6 Å². The molecule has 0 radical (unpaired) electrons. The number of hydrogen-bond acceptors (Lipinski definition) is 4. The van der Waals surface area contributed by atoms with Gasteiger partial charge < -0.3 is 14.5 Å². The molecule has 4 rings (SSSR count). The Kier molecular flexibility index (Phi) is 5.09. The van der Waals surface area contributed by atoms with Crippen LogP contribution in [0.25, 0.3) is 0 Å². The molecule has 2 aliphatic heterocycles. The number of halogens is 1. The number of morpholine rings is 1. The van der Waals surface area contributed by atoms with Gasteiger partial charge in [0.2, 0.25) is 0 Å². The Morgan fingerprint density at radius 2 is 1.96 bits per heavy atom. The lowest BCUT2D eigenvalue weighted by Crippen LogP contribution is -2.55. The van der Waals surface area contributed by atoms with Crippen molar-refractivity contribution in [1.29, 1.82) is 0 Å². The second-order valence-corrected chi connectivity index (χ2v) is 7.29. The van der Waals surface area contributed by atoms with Gasteiger partial charge in [0, 0.05) is 25.0 Å². The summed E-state index contributed by atoms with van der Waals surface area (Å²) in [5.74, 6) is -1.00. The number of hydrogen-bond donors (Lipinski definition) is 0. The third-order valence-electron chi connectivity index (χ3n) is 5.50. The summed E-state index contributed by atoms with van der Waals surface area (Å²) in [5, 5.41) is 0. The zero-order valence-corrected chi connectivity index (χ0v) is 15.5. The van der Waals surface area contributed by atoms with E-state index in [0.29, 0.717) is 26.1 Å². The van der Waals surface area contributed by atoms with E-state index in [4.69, 9.17) is 4.74 Å². The van der Waals surface area contributed by atoms with Crippen molar-refractivity contribution in [2.75, 3.05) is 31.1 Å². The normalized spacial score (nSPS) is 23.0. The average molecular weight is 383 g/mol. The summed E-state index contributed by atoms with van der Waals surface area (Å²) in [6.07, 6.45) is 4.55. The second kappa shape index (κ2) is 7.67. The van der Waals surface area contributed by atoms with Crippen molar-refractivity contribution >= 4 is 17.5 Å². The molecule has 0 bridgehead atoms. The first kappa shape index (κ1) is 18.6. The maximum atomic E-state index is 13.9. The van der Waals surface area contributed by atoms with Crippen LogP contribution in [0.2, 0.25) is 0 Å². The lowest BCUT2D eigenvalue weighted by Gasteiger charge is -2.42. The summed E-state index contributed by atoms with van der Waals surface area (Å²) >= 11 is 0. The van der Waals surface area contributed by atoms with Gasteiger partial charge in [-0.25, -0.2) is 4.39 Å². The van der Waals surface area contributed by atoms with Crippen LogP contribution in [0.5, 0.6) is 0 Å². The minimum absolute atomic E-state index is 0.0296. The van der Waals surface area contributed by atoms with Crippen molar-refractivity contribution in [3.8, 4) is 0 Å². The van der Waals surface area contributed by atoms with Gasteiger partial charge >= 0.3 is 0 Å². The minimum atomic E-state index is -0.610. The molecule has 1 unspecified atom stereocenters. The maximum Gasteiger partial charge on any atom is 0.256 e. The molecule has 2 fully saturated rings. The Balaban J connectivity index is 1.49. The minimum Gasteiger partial charge on any atom is -0.363 e. The number of ether oxygens (including phenoxy) is 1. The molecule has 1 spiro atoms. The molecule has 2 aromatic rings.